The van der Waals surface area contributed by atoms with E-state index in [4.69, 9.17) is 17.0 Å². The zero-order chi connectivity index (χ0) is 15.4. The zero-order valence-corrected chi connectivity index (χ0v) is 13.3. The SMILES string of the molecule is COC(=O)C(CC(C)C)n1c(-c2ccccc2)c[nH]c1=S. The highest BCUT2D eigenvalue weighted by atomic mass is 32.1. The van der Waals surface area contributed by atoms with Crippen molar-refractivity contribution in [3.05, 3.63) is 41.3 Å². The molecule has 2 rings (SSSR count). The van der Waals surface area contributed by atoms with Crippen LogP contribution in [0.3, 0.4) is 0 Å². The summed E-state index contributed by atoms with van der Waals surface area (Å²) in [5.74, 6) is 0.0890. The van der Waals surface area contributed by atoms with Gasteiger partial charge in [-0.25, -0.2) is 4.79 Å². The molecule has 0 bridgehead atoms. The molecule has 0 radical (unpaired) electrons. The van der Waals surface area contributed by atoms with Crippen LogP contribution in [0.5, 0.6) is 0 Å². The number of aromatic amines is 1. The summed E-state index contributed by atoms with van der Waals surface area (Å²) in [5.41, 5.74) is 1.92. The first kappa shape index (κ1) is 15.5. The molecule has 0 amide bonds. The summed E-state index contributed by atoms with van der Waals surface area (Å²) in [6.45, 7) is 4.16. The molecule has 21 heavy (non-hydrogen) atoms. The molecule has 0 spiro atoms. The van der Waals surface area contributed by atoms with E-state index in [-0.39, 0.29) is 5.97 Å². The van der Waals surface area contributed by atoms with Crippen molar-refractivity contribution in [1.82, 2.24) is 9.55 Å². The molecule has 0 aliphatic carbocycles. The van der Waals surface area contributed by atoms with Gasteiger partial charge in [0.15, 0.2) is 4.77 Å². The van der Waals surface area contributed by atoms with Gasteiger partial charge in [0.1, 0.15) is 6.04 Å². The third kappa shape index (κ3) is 3.42. The summed E-state index contributed by atoms with van der Waals surface area (Å²) in [7, 11) is 1.41. The molecule has 1 aromatic heterocycles. The highest BCUT2D eigenvalue weighted by Gasteiger charge is 2.25. The highest BCUT2D eigenvalue weighted by Crippen LogP contribution is 2.27. The van der Waals surface area contributed by atoms with Crippen LogP contribution in [0.25, 0.3) is 11.3 Å². The first-order valence-corrected chi connectivity index (χ1v) is 7.38. The van der Waals surface area contributed by atoms with Crippen LogP contribution in [0.2, 0.25) is 0 Å². The standard InChI is InChI=1S/C16H20N2O2S/c1-11(2)9-13(15(19)20-3)18-14(10-17-16(18)21)12-7-5-4-6-8-12/h4-8,10-11,13H,9H2,1-3H3,(H,17,21). The number of benzene rings is 1. The van der Waals surface area contributed by atoms with Gasteiger partial charge in [-0.15, -0.1) is 0 Å². The van der Waals surface area contributed by atoms with Gasteiger partial charge in [-0.1, -0.05) is 44.2 Å². The number of ether oxygens (including phenoxy) is 1. The number of esters is 1. The molecular formula is C16H20N2O2S. The van der Waals surface area contributed by atoms with E-state index in [0.717, 1.165) is 11.3 Å². The lowest BCUT2D eigenvalue weighted by Crippen LogP contribution is -2.23. The van der Waals surface area contributed by atoms with E-state index in [9.17, 15) is 4.79 Å². The predicted octanol–water partition coefficient (Wildman–Crippen LogP) is 3.97. The van der Waals surface area contributed by atoms with E-state index in [2.05, 4.69) is 18.8 Å². The number of carbonyl (C=O) groups excluding carboxylic acids is 1. The summed E-state index contributed by atoms with van der Waals surface area (Å²) < 4.78 is 7.35. The van der Waals surface area contributed by atoms with Gasteiger partial charge in [-0.05, 0) is 30.1 Å². The molecule has 1 N–H and O–H groups in total. The Kier molecular flexibility index (Phi) is 4.96. The Morgan fingerprint density at radius 3 is 2.57 bits per heavy atom. The lowest BCUT2D eigenvalue weighted by Gasteiger charge is -2.20. The summed E-state index contributed by atoms with van der Waals surface area (Å²) in [6, 6.07) is 9.47. The Labute approximate surface area is 129 Å². The Bertz CT molecular complexity index is 658. The fourth-order valence-corrected chi connectivity index (χ4v) is 2.69. The second-order valence-electron chi connectivity index (χ2n) is 5.38. The van der Waals surface area contributed by atoms with Crippen molar-refractivity contribution in [1.29, 1.82) is 0 Å². The summed E-state index contributed by atoms with van der Waals surface area (Å²) in [4.78, 5) is 15.2. The third-order valence-corrected chi connectivity index (χ3v) is 3.67. The molecule has 1 unspecified atom stereocenters. The largest absolute Gasteiger partial charge is 0.467 e. The topological polar surface area (TPSA) is 47.0 Å². The third-order valence-electron chi connectivity index (χ3n) is 3.36. The van der Waals surface area contributed by atoms with Crippen LogP contribution in [-0.2, 0) is 9.53 Å². The molecule has 2 aromatic rings. The smallest absolute Gasteiger partial charge is 0.328 e. The molecule has 0 aliphatic rings. The van der Waals surface area contributed by atoms with Crippen LogP contribution < -0.4 is 0 Å². The lowest BCUT2D eigenvalue weighted by molar-refractivity contribution is -0.145. The number of nitrogens with zero attached hydrogens (tertiary/aromatic N) is 1. The van der Waals surface area contributed by atoms with Crippen LogP contribution in [0.1, 0.15) is 26.3 Å². The normalized spacial score (nSPS) is 12.4. The summed E-state index contributed by atoms with van der Waals surface area (Å²) in [6.07, 6.45) is 2.52. The van der Waals surface area contributed by atoms with Gasteiger partial charge < -0.3 is 14.3 Å². The Balaban J connectivity index is 2.53. The molecule has 0 saturated heterocycles. The van der Waals surface area contributed by atoms with Gasteiger partial charge in [0.05, 0.1) is 12.8 Å². The van der Waals surface area contributed by atoms with Crippen molar-refractivity contribution in [2.75, 3.05) is 7.11 Å². The first-order chi connectivity index (χ1) is 10.0. The monoisotopic (exact) mass is 304 g/mol. The van der Waals surface area contributed by atoms with E-state index in [1.54, 1.807) is 0 Å². The van der Waals surface area contributed by atoms with Crippen molar-refractivity contribution in [3.8, 4) is 11.3 Å². The molecular weight excluding hydrogens is 284 g/mol. The molecule has 1 aromatic carbocycles. The van der Waals surface area contributed by atoms with Crippen molar-refractivity contribution in [2.45, 2.75) is 26.3 Å². The second kappa shape index (κ2) is 6.72. The number of imidazole rings is 1. The predicted molar refractivity (Wildman–Crippen MR) is 85.6 cm³/mol. The maximum Gasteiger partial charge on any atom is 0.328 e. The molecule has 0 fully saturated rings. The van der Waals surface area contributed by atoms with Gasteiger partial charge in [0.2, 0.25) is 0 Å². The molecule has 1 atom stereocenters. The van der Waals surface area contributed by atoms with E-state index < -0.39 is 6.04 Å². The first-order valence-electron chi connectivity index (χ1n) is 6.97. The molecule has 5 heteroatoms. The Morgan fingerprint density at radius 1 is 1.33 bits per heavy atom. The number of hydrogen-bond acceptors (Lipinski definition) is 3. The van der Waals surface area contributed by atoms with Gasteiger partial charge in [-0.2, -0.15) is 0 Å². The fourth-order valence-electron chi connectivity index (χ4n) is 2.41. The summed E-state index contributed by atoms with van der Waals surface area (Å²) >= 11 is 5.37. The molecule has 4 nitrogen and oxygen atoms in total. The van der Waals surface area contributed by atoms with Crippen LogP contribution in [0.4, 0.5) is 0 Å². The molecule has 112 valence electrons. The van der Waals surface area contributed by atoms with Crippen molar-refractivity contribution < 1.29 is 9.53 Å². The van der Waals surface area contributed by atoms with Crippen LogP contribution in [0.15, 0.2) is 36.5 Å². The number of nitrogens with one attached hydrogen (secondary N) is 1. The van der Waals surface area contributed by atoms with E-state index in [1.807, 2.05) is 41.1 Å². The van der Waals surface area contributed by atoms with Gasteiger partial charge in [-0.3, -0.25) is 0 Å². The molecule has 1 heterocycles. The average Bonchev–Trinajstić information content (AvgIpc) is 2.86. The zero-order valence-electron chi connectivity index (χ0n) is 12.5. The van der Waals surface area contributed by atoms with Crippen LogP contribution in [-0.4, -0.2) is 22.6 Å². The maximum atomic E-state index is 12.2. The van der Waals surface area contributed by atoms with E-state index >= 15 is 0 Å². The van der Waals surface area contributed by atoms with Gasteiger partial charge in [0.25, 0.3) is 0 Å². The quantitative estimate of drug-likeness (QED) is 0.671. The minimum absolute atomic E-state index is 0.267. The number of H-pyrrole nitrogens is 1. The Hall–Kier alpha value is -1.88. The summed E-state index contributed by atoms with van der Waals surface area (Å²) in [5, 5.41) is 0. The second-order valence-corrected chi connectivity index (χ2v) is 5.77. The van der Waals surface area contributed by atoms with Crippen LogP contribution in [0, 0.1) is 10.7 Å². The number of rotatable bonds is 5. The van der Waals surface area contributed by atoms with E-state index in [0.29, 0.717) is 17.1 Å². The number of methoxy groups -OCH3 is 1. The fraction of sp³-hybridized carbons (Fsp3) is 0.375. The van der Waals surface area contributed by atoms with Crippen molar-refractivity contribution in [3.63, 3.8) is 0 Å². The molecule has 0 saturated carbocycles. The van der Waals surface area contributed by atoms with Crippen LogP contribution >= 0.6 is 12.2 Å². The highest BCUT2D eigenvalue weighted by molar-refractivity contribution is 7.71. The Morgan fingerprint density at radius 2 is 2.00 bits per heavy atom. The lowest BCUT2D eigenvalue weighted by atomic mass is 10.0. The average molecular weight is 304 g/mol. The number of hydrogen-bond donors (Lipinski definition) is 1. The minimum atomic E-state index is -0.413. The van der Waals surface area contributed by atoms with Gasteiger partial charge in [0, 0.05) is 6.20 Å². The number of carbonyl (C=O) groups is 1. The van der Waals surface area contributed by atoms with E-state index in [1.165, 1.54) is 7.11 Å². The number of aromatic nitrogens is 2. The van der Waals surface area contributed by atoms with Gasteiger partial charge >= 0.3 is 5.97 Å². The molecule has 0 aliphatic heterocycles. The van der Waals surface area contributed by atoms with Crippen molar-refractivity contribution >= 4 is 18.2 Å². The minimum Gasteiger partial charge on any atom is -0.467 e. The maximum absolute atomic E-state index is 12.2. The van der Waals surface area contributed by atoms with Crippen molar-refractivity contribution in [2.24, 2.45) is 5.92 Å².